The summed E-state index contributed by atoms with van der Waals surface area (Å²) in [6.07, 6.45) is 0.195. The van der Waals surface area contributed by atoms with Crippen LogP contribution in [0.1, 0.15) is 39.5 Å². The average Bonchev–Trinajstić information content (AvgIpc) is 2.77. The highest BCUT2D eigenvalue weighted by Gasteiger charge is 2.30. The SMILES string of the molecule is COc1cc(C2CC(=O)c3ccccc3N2)cc([N+](=O)[O-])c1OCc1cccc(C)c1. The largest absolute Gasteiger partial charge is 0.493 e. The van der Waals surface area contributed by atoms with Crippen molar-refractivity contribution < 1.29 is 19.2 Å². The topological polar surface area (TPSA) is 90.7 Å². The van der Waals surface area contributed by atoms with E-state index in [0.29, 0.717) is 16.8 Å². The third-order valence-electron chi connectivity index (χ3n) is 5.29. The number of hydrogen-bond acceptors (Lipinski definition) is 6. The summed E-state index contributed by atoms with van der Waals surface area (Å²) >= 11 is 0. The summed E-state index contributed by atoms with van der Waals surface area (Å²) in [6.45, 7) is 2.14. The highest BCUT2D eigenvalue weighted by Crippen LogP contribution is 2.42. The summed E-state index contributed by atoms with van der Waals surface area (Å²) < 4.78 is 11.3. The molecule has 1 N–H and O–H groups in total. The zero-order valence-electron chi connectivity index (χ0n) is 17.3. The molecule has 0 saturated carbocycles. The zero-order chi connectivity index (χ0) is 22.0. The van der Waals surface area contributed by atoms with Crippen LogP contribution >= 0.6 is 0 Å². The molecule has 158 valence electrons. The van der Waals surface area contributed by atoms with Gasteiger partial charge in [0.15, 0.2) is 11.5 Å². The molecule has 0 spiro atoms. The van der Waals surface area contributed by atoms with E-state index in [1.165, 1.54) is 13.2 Å². The summed E-state index contributed by atoms with van der Waals surface area (Å²) in [5, 5.41) is 15.1. The smallest absolute Gasteiger partial charge is 0.315 e. The van der Waals surface area contributed by atoms with Gasteiger partial charge in [0.1, 0.15) is 6.61 Å². The van der Waals surface area contributed by atoms with Gasteiger partial charge in [0.25, 0.3) is 0 Å². The van der Waals surface area contributed by atoms with Gasteiger partial charge >= 0.3 is 5.69 Å². The maximum Gasteiger partial charge on any atom is 0.315 e. The Morgan fingerprint density at radius 1 is 1.13 bits per heavy atom. The molecule has 1 aliphatic rings. The summed E-state index contributed by atoms with van der Waals surface area (Å²) in [6, 6.07) is 17.7. The second kappa shape index (κ2) is 8.47. The molecule has 3 aromatic rings. The molecule has 7 nitrogen and oxygen atoms in total. The zero-order valence-corrected chi connectivity index (χ0v) is 17.3. The van der Waals surface area contributed by atoms with E-state index >= 15 is 0 Å². The number of carbonyl (C=O) groups is 1. The van der Waals surface area contributed by atoms with E-state index < -0.39 is 11.0 Å². The van der Waals surface area contributed by atoms with Crippen LogP contribution in [0.5, 0.6) is 11.5 Å². The molecular weight excluding hydrogens is 396 g/mol. The van der Waals surface area contributed by atoms with E-state index in [1.54, 1.807) is 12.1 Å². The number of ketones is 1. The van der Waals surface area contributed by atoms with Crippen LogP contribution in [-0.2, 0) is 6.61 Å². The van der Waals surface area contributed by atoms with E-state index in [9.17, 15) is 14.9 Å². The Hall–Kier alpha value is -3.87. The standard InChI is InChI=1S/C24H22N2O5/c1-15-6-5-7-16(10-15)14-31-24-21(26(28)29)11-17(12-23(24)30-2)20-13-22(27)18-8-3-4-9-19(18)25-20/h3-12,20,25H,13-14H2,1-2H3. The number of aryl methyl sites for hydroxylation is 1. The quantitative estimate of drug-likeness (QED) is 0.435. The number of nitro benzene ring substituents is 1. The summed E-state index contributed by atoms with van der Waals surface area (Å²) in [5.74, 6) is 0.311. The molecule has 1 aliphatic heterocycles. The number of nitro groups is 1. The summed E-state index contributed by atoms with van der Waals surface area (Å²) in [4.78, 5) is 23.9. The second-order valence-corrected chi connectivity index (χ2v) is 7.48. The minimum absolute atomic E-state index is 0.0132. The maximum absolute atomic E-state index is 12.6. The number of Topliss-reactive ketones (excluding diaryl/α,β-unsaturated/α-hetero) is 1. The van der Waals surface area contributed by atoms with Crippen molar-refractivity contribution in [2.24, 2.45) is 0 Å². The molecule has 3 aromatic carbocycles. The number of hydrogen-bond donors (Lipinski definition) is 1. The number of ether oxygens (including phenoxy) is 2. The van der Waals surface area contributed by atoms with Crippen LogP contribution < -0.4 is 14.8 Å². The van der Waals surface area contributed by atoms with Crippen LogP contribution in [0.3, 0.4) is 0 Å². The molecule has 0 saturated heterocycles. The van der Waals surface area contributed by atoms with Crippen molar-refractivity contribution in [3.05, 3.63) is 93.0 Å². The van der Waals surface area contributed by atoms with Crippen LogP contribution in [0.25, 0.3) is 0 Å². The molecule has 0 fully saturated rings. The number of anilines is 1. The number of benzene rings is 3. The Bertz CT molecular complexity index is 1160. The highest BCUT2D eigenvalue weighted by molar-refractivity contribution is 6.03. The molecule has 1 atom stereocenters. The molecule has 1 unspecified atom stereocenters. The molecule has 1 heterocycles. The van der Waals surface area contributed by atoms with Crippen molar-refractivity contribution in [1.82, 2.24) is 0 Å². The number of carbonyl (C=O) groups excluding carboxylic acids is 1. The predicted molar refractivity (Wildman–Crippen MR) is 117 cm³/mol. The van der Waals surface area contributed by atoms with Gasteiger partial charge in [-0.25, -0.2) is 0 Å². The van der Waals surface area contributed by atoms with Gasteiger partial charge < -0.3 is 14.8 Å². The third kappa shape index (κ3) is 4.21. The van der Waals surface area contributed by atoms with Crippen molar-refractivity contribution in [3.8, 4) is 11.5 Å². The Morgan fingerprint density at radius 3 is 2.68 bits per heavy atom. The van der Waals surface area contributed by atoms with Crippen LogP contribution in [0.4, 0.5) is 11.4 Å². The van der Waals surface area contributed by atoms with Gasteiger partial charge in [-0.15, -0.1) is 0 Å². The van der Waals surface area contributed by atoms with Gasteiger partial charge in [0.05, 0.1) is 18.1 Å². The average molecular weight is 418 g/mol. The lowest BCUT2D eigenvalue weighted by Gasteiger charge is -2.27. The van der Waals surface area contributed by atoms with Crippen molar-refractivity contribution in [2.45, 2.75) is 26.0 Å². The third-order valence-corrected chi connectivity index (χ3v) is 5.29. The predicted octanol–water partition coefficient (Wildman–Crippen LogP) is 5.23. The summed E-state index contributed by atoms with van der Waals surface area (Å²) in [7, 11) is 1.44. The van der Waals surface area contributed by atoms with E-state index in [4.69, 9.17) is 9.47 Å². The van der Waals surface area contributed by atoms with Crippen LogP contribution in [-0.4, -0.2) is 17.8 Å². The Morgan fingerprint density at radius 2 is 1.94 bits per heavy atom. The van der Waals surface area contributed by atoms with E-state index in [2.05, 4.69) is 5.32 Å². The fourth-order valence-electron chi connectivity index (χ4n) is 3.79. The molecule has 31 heavy (non-hydrogen) atoms. The number of methoxy groups -OCH3 is 1. The minimum Gasteiger partial charge on any atom is -0.493 e. The first-order valence-corrected chi connectivity index (χ1v) is 9.89. The normalized spacial score (nSPS) is 15.0. The first-order valence-electron chi connectivity index (χ1n) is 9.89. The van der Waals surface area contributed by atoms with Crippen LogP contribution in [0, 0.1) is 17.0 Å². The van der Waals surface area contributed by atoms with Gasteiger partial charge in [0, 0.05) is 23.7 Å². The van der Waals surface area contributed by atoms with E-state index in [1.807, 2.05) is 49.4 Å². The van der Waals surface area contributed by atoms with Gasteiger partial charge in [0.2, 0.25) is 5.75 Å². The fourth-order valence-corrected chi connectivity index (χ4v) is 3.79. The van der Waals surface area contributed by atoms with Crippen molar-refractivity contribution in [2.75, 3.05) is 12.4 Å². The number of fused-ring (bicyclic) bond motifs is 1. The second-order valence-electron chi connectivity index (χ2n) is 7.48. The maximum atomic E-state index is 12.6. The number of nitrogens with one attached hydrogen (secondary N) is 1. The van der Waals surface area contributed by atoms with Crippen LogP contribution in [0.2, 0.25) is 0 Å². The molecule has 4 rings (SSSR count). The van der Waals surface area contributed by atoms with Crippen LogP contribution in [0.15, 0.2) is 60.7 Å². The number of para-hydroxylation sites is 1. The van der Waals surface area contributed by atoms with Crippen molar-refractivity contribution >= 4 is 17.2 Å². The Balaban J connectivity index is 1.67. The number of rotatable bonds is 6. The lowest BCUT2D eigenvalue weighted by molar-refractivity contribution is -0.386. The molecular formula is C24H22N2O5. The summed E-state index contributed by atoms with van der Waals surface area (Å²) in [5.41, 5.74) is 3.70. The Kier molecular flexibility index (Phi) is 5.58. The molecule has 0 radical (unpaired) electrons. The molecule has 0 aromatic heterocycles. The van der Waals surface area contributed by atoms with E-state index in [0.717, 1.165) is 11.1 Å². The van der Waals surface area contributed by atoms with Gasteiger partial charge in [-0.3, -0.25) is 14.9 Å². The Labute approximate surface area is 179 Å². The van der Waals surface area contributed by atoms with Crippen molar-refractivity contribution in [1.29, 1.82) is 0 Å². The van der Waals surface area contributed by atoms with Gasteiger partial charge in [-0.05, 0) is 36.2 Å². The van der Waals surface area contributed by atoms with Gasteiger partial charge in [-0.1, -0.05) is 42.0 Å². The number of nitrogens with zero attached hydrogens (tertiary/aromatic N) is 1. The minimum atomic E-state index is -0.490. The molecule has 0 aliphatic carbocycles. The van der Waals surface area contributed by atoms with Crippen molar-refractivity contribution in [3.63, 3.8) is 0 Å². The highest BCUT2D eigenvalue weighted by atomic mass is 16.6. The molecule has 0 amide bonds. The molecule has 7 heteroatoms. The molecule has 0 bridgehead atoms. The lowest BCUT2D eigenvalue weighted by Crippen LogP contribution is -2.22. The van der Waals surface area contributed by atoms with E-state index in [-0.39, 0.29) is 36.0 Å². The first-order chi connectivity index (χ1) is 15.0. The lowest BCUT2D eigenvalue weighted by atomic mass is 9.92. The monoisotopic (exact) mass is 418 g/mol. The fraction of sp³-hybridized carbons (Fsp3) is 0.208. The first kappa shape index (κ1) is 20.4. The van der Waals surface area contributed by atoms with Gasteiger partial charge in [-0.2, -0.15) is 0 Å².